The second kappa shape index (κ2) is 5.41. The minimum atomic E-state index is -0.106. The van der Waals surface area contributed by atoms with Gasteiger partial charge in [0.1, 0.15) is 6.10 Å². The van der Waals surface area contributed by atoms with Gasteiger partial charge in [0.15, 0.2) is 6.04 Å². The van der Waals surface area contributed by atoms with Gasteiger partial charge in [0.25, 0.3) is 0 Å². The number of rotatable bonds is 3. The van der Waals surface area contributed by atoms with Gasteiger partial charge in [-0.1, -0.05) is 20.8 Å². The van der Waals surface area contributed by atoms with Crippen LogP contribution in [0.3, 0.4) is 0 Å². The molecule has 0 heterocycles. The SMILES string of the molecule is CC(C(=O)OC1CC2CCC1(C)C2(C)C)[N+](C)(C)C.[I-]. The molecule has 0 aromatic rings. The van der Waals surface area contributed by atoms with E-state index in [4.69, 9.17) is 4.74 Å². The van der Waals surface area contributed by atoms with Crippen LogP contribution >= 0.6 is 0 Å². The minimum Gasteiger partial charge on any atom is -1.00 e. The zero-order chi connectivity index (χ0) is 14.6. The molecule has 4 heteroatoms. The normalized spacial score (nSPS) is 36.4. The maximum absolute atomic E-state index is 12.3. The predicted octanol–water partition coefficient (Wildman–Crippen LogP) is -0.157. The van der Waals surface area contributed by atoms with Crippen LogP contribution in [-0.4, -0.2) is 43.7 Å². The Morgan fingerprint density at radius 3 is 2.15 bits per heavy atom. The average molecular weight is 395 g/mol. The maximum Gasteiger partial charge on any atom is 0.364 e. The van der Waals surface area contributed by atoms with Gasteiger partial charge < -0.3 is 33.2 Å². The molecule has 0 radical (unpaired) electrons. The van der Waals surface area contributed by atoms with E-state index < -0.39 is 0 Å². The second-order valence-corrected chi connectivity index (χ2v) is 8.33. The third-order valence-corrected chi connectivity index (χ3v) is 6.48. The molecular formula is C16H30INO2. The van der Waals surface area contributed by atoms with Crippen LogP contribution in [0, 0.1) is 16.7 Å². The van der Waals surface area contributed by atoms with Crippen molar-refractivity contribution in [2.45, 2.75) is 59.1 Å². The summed E-state index contributed by atoms with van der Waals surface area (Å²) in [6, 6.07) is -0.106. The number of likely N-dealkylation sites (N-methyl/N-ethyl adjacent to an activating group) is 1. The Morgan fingerprint density at radius 2 is 1.80 bits per heavy atom. The fourth-order valence-electron chi connectivity index (χ4n) is 3.86. The van der Waals surface area contributed by atoms with Gasteiger partial charge in [0.2, 0.25) is 0 Å². The van der Waals surface area contributed by atoms with E-state index in [2.05, 4.69) is 20.8 Å². The zero-order valence-corrected chi connectivity index (χ0v) is 16.2. The molecule has 2 rings (SSSR count). The fourth-order valence-corrected chi connectivity index (χ4v) is 3.86. The molecule has 4 unspecified atom stereocenters. The van der Waals surface area contributed by atoms with Crippen molar-refractivity contribution >= 4 is 5.97 Å². The van der Waals surface area contributed by atoms with Gasteiger partial charge in [-0.2, -0.15) is 0 Å². The first-order valence-corrected chi connectivity index (χ1v) is 7.52. The van der Waals surface area contributed by atoms with Crippen LogP contribution < -0.4 is 24.0 Å². The quantitative estimate of drug-likeness (QED) is 0.377. The Bertz CT molecular complexity index is 388. The molecule has 2 saturated carbocycles. The van der Waals surface area contributed by atoms with Crippen LogP contribution in [0.4, 0.5) is 0 Å². The first-order chi connectivity index (χ1) is 8.50. The lowest BCUT2D eigenvalue weighted by molar-refractivity contribution is -0.885. The standard InChI is InChI=1S/C16H30NO2.HI/c1-11(17(5,6)7)14(18)19-13-10-12-8-9-16(13,4)15(12,2)3;/h11-13H,8-10H2,1-7H3;1H/q+1;/p-1. The zero-order valence-electron chi connectivity index (χ0n) is 14.0. The van der Waals surface area contributed by atoms with Crippen molar-refractivity contribution in [3.63, 3.8) is 0 Å². The summed E-state index contributed by atoms with van der Waals surface area (Å²) in [5.74, 6) is 0.678. The molecule has 0 spiro atoms. The Labute approximate surface area is 141 Å². The number of hydrogen-bond donors (Lipinski definition) is 0. The highest BCUT2D eigenvalue weighted by Crippen LogP contribution is 2.66. The largest absolute Gasteiger partial charge is 1.00 e. The molecule has 4 atom stereocenters. The molecule has 2 fully saturated rings. The van der Waals surface area contributed by atoms with Crippen LogP contribution in [0.2, 0.25) is 0 Å². The van der Waals surface area contributed by atoms with E-state index in [-0.39, 0.29) is 47.5 Å². The summed E-state index contributed by atoms with van der Waals surface area (Å²) in [7, 11) is 6.12. The van der Waals surface area contributed by atoms with Crippen molar-refractivity contribution in [1.29, 1.82) is 0 Å². The maximum atomic E-state index is 12.3. The number of halogens is 1. The predicted molar refractivity (Wildman–Crippen MR) is 76.6 cm³/mol. The van der Waals surface area contributed by atoms with Gasteiger partial charge in [-0.15, -0.1) is 0 Å². The second-order valence-electron chi connectivity index (χ2n) is 8.33. The first kappa shape index (κ1) is 18.2. The number of nitrogens with zero attached hydrogens (tertiary/aromatic N) is 1. The molecule has 2 aliphatic rings. The van der Waals surface area contributed by atoms with Crippen molar-refractivity contribution in [1.82, 2.24) is 0 Å². The lowest BCUT2D eigenvalue weighted by Crippen LogP contribution is -3.00. The smallest absolute Gasteiger partial charge is 0.364 e. The molecule has 118 valence electrons. The monoisotopic (exact) mass is 395 g/mol. The van der Waals surface area contributed by atoms with Crippen molar-refractivity contribution in [3.8, 4) is 0 Å². The van der Waals surface area contributed by atoms with Gasteiger partial charge in [0.05, 0.1) is 21.1 Å². The highest BCUT2D eigenvalue weighted by Gasteiger charge is 2.63. The fraction of sp³-hybridized carbons (Fsp3) is 0.938. The summed E-state index contributed by atoms with van der Waals surface area (Å²) < 4.78 is 6.54. The third kappa shape index (κ3) is 2.62. The molecular weight excluding hydrogens is 365 g/mol. The summed E-state index contributed by atoms with van der Waals surface area (Å²) in [4.78, 5) is 12.3. The van der Waals surface area contributed by atoms with E-state index in [1.165, 1.54) is 12.8 Å². The number of ether oxygens (including phenoxy) is 1. The van der Waals surface area contributed by atoms with Gasteiger partial charge in [-0.3, -0.25) is 0 Å². The van der Waals surface area contributed by atoms with E-state index >= 15 is 0 Å². The van der Waals surface area contributed by atoms with Crippen molar-refractivity contribution in [2.75, 3.05) is 21.1 Å². The Kier molecular flexibility index (Phi) is 4.93. The molecule has 0 aromatic heterocycles. The lowest BCUT2D eigenvalue weighted by atomic mass is 9.70. The van der Waals surface area contributed by atoms with Crippen LogP contribution in [0.5, 0.6) is 0 Å². The van der Waals surface area contributed by atoms with Crippen LogP contribution in [-0.2, 0) is 9.53 Å². The Hall–Kier alpha value is 0.160. The highest BCUT2D eigenvalue weighted by molar-refractivity contribution is 5.74. The van der Waals surface area contributed by atoms with Crippen LogP contribution in [0.1, 0.15) is 47.0 Å². The summed E-state index contributed by atoms with van der Waals surface area (Å²) in [5, 5.41) is 0. The number of carbonyl (C=O) groups is 1. The van der Waals surface area contributed by atoms with Crippen molar-refractivity contribution in [2.24, 2.45) is 16.7 Å². The Morgan fingerprint density at radius 1 is 1.25 bits per heavy atom. The lowest BCUT2D eigenvalue weighted by Gasteiger charge is -2.39. The van der Waals surface area contributed by atoms with Crippen molar-refractivity contribution < 1.29 is 38.0 Å². The average Bonchev–Trinajstić information content (AvgIpc) is 2.59. The number of carbonyl (C=O) groups excluding carboxylic acids is 1. The topological polar surface area (TPSA) is 26.3 Å². The summed E-state index contributed by atoms with van der Waals surface area (Å²) >= 11 is 0. The third-order valence-electron chi connectivity index (χ3n) is 6.48. The molecule has 20 heavy (non-hydrogen) atoms. The van der Waals surface area contributed by atoms with Gasteiger partial charge in [-0.05, 0) is 37.5 Å². The molecule has 0 N–H and O–H groups in total. The number of esters is 1. The molecule has 2 bridgehead atoms. The van der Waals surface area contributed by atoms with E-state index in [1.54, 1.807) is 0 Å². The number of quaternary nitrogens is 1. The van der Waals surface area contributed by atoms with Gasteiger partial charge in [0, 0.05) is 5.41 Å². The van der Waals surface area contributed by atoms with E-state index in [0.29, 0.717) is 9.90 Å². The summed E-state index contributed by atoms with van der Waals surface area (Å²) in [5.41, 5.74) is 0.468. The molecule has 0 aliphatic heterocycles. The molecule has 0 amide bonds. The highest BCUT2D eigenvalue weighted by atomic mass is 127. The molecule has 0 saturated heterocycles. The summed E-state index contributed by atoms with van der Waals surface area (Å²) in [6.45, 7) is 8.97. The van der Waals surface area contributed by atoms with Crippen LogP contribution in [0.15, 0.2) is 0 Å². The molecule has 0 aromatic carbocycles. The number of fused-ring (bicyclic) bond motifs is 2. The molecule has 2 aliphatic carbocycles. The van der Waals surface area contributed by atoms with Crippen LogP contribution in [0.25, 0.3) is 0 Å². The van der Waals surface area contributed by atoms with E-state index in [9.17, 15) is 4.79 Å². The first-order valence-electron chi connectivity index (χ1n) is 7.52. The van der Waals surface area contributed by atoms with E-state index in [0.717, 1.165) is 12.3 Å². The van der Waals surface area contributed by atoms with Crippen molar-refractivity contribution in [3.05, 3.63) is 0 Å². The van der Waals surface area contributed by atoms with Gasteiger partial charge in [-0.25, -0.2) is 4.79 Å². The van der Waals surface area contributed by atoms with E-state index in [1.807, 2.05) is 28.1 Å². The van der Waals surface area contributed by atoms with Gasteiger partial charge >= 0.3 is 5.97 Å². The Balaban J connectivity index is 0.00000200. The summed E-state index contributed by atoms with van der Waals surface area (Å²) in [6.07, 6.45) is 3.66. The minimum absolute atomic E-state index is 0. The number of hydrogen-bond acceptors (Lipinski definition) is 2. The molecule has 3 nitrogen and oxygen atoms in total.